The van der Waals surface area contributed by atoms with Crippen LogP contribution in [0.15, 0.2) is 0 Å². The number of carbonyl (C=O) groups is 1. The Kier molecular flexibility index (Phi) is 6.77. The first-order valence-corrected chi connectivity index (χ1v) is 8.25. The van der Waals surface area contributed by atoms with Gasteiger partial charge >= 0.3 is 6.01 Å². The molecule has 136 valence electrons. The Balaban J connectivity index is 2.18. The van der Waals surface area contributed by atoms with E-state index in [1.165, 1.54) is 0 Å². The molecule has 0 unspecified atom stereocenters. The summed E-state index contributed by atoms with van der Waals surface area (Å²) in [4.78, 5) is 30.2. The zero-order valence-electron chi connectivity index (χ0n) is 14.8. The topological polar surface area (TPSA) is 101 Å². The largest absolute Gasteiger partial charge is 0.463 e. The highest BCUT2D eigenvalue weighted by molar-refractivity contribution is 5.78. The Bertz CT molecular complexity index is 623. The highest BCUT2D eigenvalue weighted by Crippen LogP contribution is 2.18. The lowest BCUT2D eigenvalue weighted by Gasteiger charge is -2.32. The summed E-state index contributed by atoms with van der Waals surface area (Å²) in [6.07, 6.45) is 6.59. The van der Waals surface area contributed by atoms with Crippen LogP contribution in [0.5, 0.6) is 6.01 Å². The fraction of sp³-hybridized carbons (Fsp3) is 0.625. The number of hydrogen-bond donors (Lipinski definition) is 1. The molecule has 9 heteroatoms. The number of nitrogens with zero attached hydrogens (tertiary/aromatic N) is 6. The van der Waals surface area contributed by atoms with Crippen LogP contribution in [0.25, 0.3) is 0 Å². The number of carbonyl (C=O) groups excluding carboxylic acids is 1. The van der Waals surface area contributed by atoms with E-state index in [9.17, 15) is 4.79 Å². The van der Waals surface area contributed by atoms with Crippen molar-refractivity contribution in [2.75, 3.05) is 63.2 Å². The molecule has 1 saturated heterocycles. The minimum Gasteiger partial charge on any atom is -0.463 e. The second-order valence-corrected chi connectivity index (χ2v) is 5.99. The average molecular weight is 347 g/mol. The maximum Gasteiger partial charge on any atom is 0.323 e. The number of terminal acetylenes is 1. The van der Waals surface area contributed by atoms with Crippen molar-refractivity contribution in [2.45, 2.75) is 12.8 Å². The number of hydrogen-bond acceptors (Lipinski definition) is 8. The van der Waals surface area contributed by atoms with Crippen molar-refractivity contribution in [3.8, 4) is 18.4 Å². The lowest BCUT2D eigenvalue weighted by Crippen LogP contribution is -2.45. The van der Waals surface area contributed by atoms with Crippen molar-refractivity contribution in [1.82, 2.24) is 19.9 Å². The number of amides is 1. The molecular weight excluding hydrogens is 322 g/mol. The maximum absolute atomic E-state index is 11.2. The van der Waals surface area contributed by atoms with Crippen LogP contribution >= 0.6 is 0 Å². The van der Waals surface area contributed by atoms with E-state index in [1.807, 2.05) is 0 Å². The Morgan fingerprint density at radius 2 is 2.04 bits per heavy atom. The molecule has 2 heterocycles. The van der Waals surface area contributed by atoms with Crippen LogP contribution in [-0.4, -0.2) is 79.2 Å². The van der Waals surface area contributed by atoms with Gasteiger partial charge in [-0.2, -0.15) is 15.0 Å². The predicted molar refractivity (Wildman–Crippen MR) is 95.6 cm³/mol. The molecule has 1 aromatic heterocycles. The summed E-state index contributed by atoms with van der Waals surface area (Å²) in [6.45, 7) is 3.93. The highest BCUT2D eigenvalue weighted by atomic mass is 16.5. The number of nitrogens with two attached hydrogens (primary N) is 1. The summed E-state index contributed by atoms with van der Waals surface area (Å²) < 4.78 is 5.62. The van der Waals surface area contributed by atoms with Crippen LogP contribution in [0.1, 0.15) is 12.8 Å². The summed E-state index contributed by atoms with van der Waals surface area (Å²) in [6, 6.07) is 0.229. The SMILES string of the molecule is C#CCCCOc1nc(N(C)CC(N)=O)nc(N2CCN(C)CC2)n1. The van der Waals surface area contributed by atoms with E-state index in [-0.39, 0.29) is 12.6 Å². The minimum atomic E-state index is -0.458. The van der Waals surface area contributed by atoms with E-state index in [1.54, 1.807) is 11.9 Å². The molecule has 0 spiro atoms. The van der Waals surface area contributed by atoms with Gasteiger partial charge in [0.15, 0.2) is 0 Å². The first-order chi connectivity index (χ1) is 12.0. The molecule has 1 aromatic rings. The molecule has 25 heavy (non-hydrogen) atoms. The molecular formula is C16H25N7O2. The first-order valence-electron chi connectivity index (χ1n) is 8.25. The van der Waals surface area contributed by atoms with Crippen LogP contribution in [0.4, 0.5) is 11.9 Å². The number of piperazine rings is 1. The lowest BCUT2D eigenvalue weighted by molar-refractivity contribution is -0.116. The molecule has 0 aromatic carbocycles. The zero-order chi connectivity index (χ0) is 18.2. The number of likely N-dealkylation sites (N-methyl/N-ethyl adjacent to an activating group) is 2. The van der Waals surface area contributed by atoms with Crippen molar-refractivity contribution in [3.05, 3.63) is 0 Å². The van der Waals surface area contributed by atoms with Gasteiger partial charge in [0.1, 0.15) is 0 Å². The van der Waals surface area contributed by atoms with E-state index in [0.717, 1.165) is 32.6 Å². The first kappa shape index (κ1) is 18.7. The van der Waals surface area contributed by atoms with Gasteiger partial charge in [-0.05, 0) is 13.5 Å². The molecule has 2 rings (SSSR count). The third-order valence-electron chi connectivity index (χ3n) is 3.81. The van der Waals surface area contributed by atoms with Crippen LogP contribution in [0.2, 0.25) is 0 Å². The van der Waals surface area contributed by atoms with Crippen LogP contribution in [0.3, 0.4) is 0 Å². The Labute approximate surface area is 148 Å². The van der Waals surface area contributed by atoms with Gasteiger partial charge in [0.2, 0.25) is 17.8 Å². The maximum atomic E-state index is 11.2. The Hall–Kier alpha value is -2.60. The van der Waals surface area contributed by atoms with Crippen LogP contribution in [-0.2, 0) is 4.79 Å². The van der Waals surface area contributed by atoms with E-state index in [0.29, 0.717) is 24.9 Å². The van der Waals surface area contributed by atoms with Gasteiger partial charge < -0.3 is 25.2 Å². The second kappa shape index (κ2) is 9.03. The fourth-order valence-electron chi connectivity index (χ4n) is 2.36. The van der Waals surface area contributed by atoms with Gasteiger partial charge in [-0.3, -0.25) is 4.79 Å². The van der Waals surface area contributed by atoms with Crippen molar-refractivity contribution < 1.29 is 9.53 Å². The molecule has 1 amide bonds. The molecule has 0 aliphatic carbocycles. The number of anilines is 2. The van der Waals surface area contributed by atoms with Gasteiger partial charge in [-0.1, -0.05) is 0 Å². The van der Waals surface area contributed by atoms with Crippen molar-refractivity contribution >= 4 is 17.8 Å². The summed E-state index contributed by atoms with van der Waals surface area (Å²) >= 11 is 0. The number of aromatic nitrogens is 3. The second-order valence-electron chi connectivity index (χ2n) is 5.99. The molecule has 1 aliphatic rings. The molecule has 1 aliphatic heterocycles. The fourth-order valence-corrected chi connectivity index (χ4v) is 2.36. The number of unbranched alkanes of at least 4 members (excludes halogenated alkanes) is 1. The minimum absolute atomic E-state index is 0.0166. The molecule has 0 bridgehead atoms. The number of ether oxygens (including phenoxy) is 1. The van der Waals surface area contributed by atoms with Gasteiger partial charge in [0, 0.05) is 39.6 Å². The number of primary amides is 1. The lowest BCUT2D eigenvalue weighted by atomic mass is 10.3. The van der Waals surface area contributed by atoms with E-state index >= 15 is 0 Å². The third-order valence-corrected chi connectivity index (χ3v) is 3.81. The molecule has 0 atom stereocenters. The van der Waals surface area contributed by atoms with Crippen molar-refractivity contribution in [2.24, 2.45) is 5.73 Å². The van der Waals surface area contributed by atoms with Gasteiger partial charge in [0.05, 0.1) is 13.2 Å². The van der Waals surface area contributed by atoms with Gasteiger partial charge in [0.25, 0.3) is 0 Å². The molecule has 9 nitrogen and oxygen atoms in total. The van der Waals surface area contributed by atoms with E-state index in [4.69, 9.17) is 16.9 Å². The molecule has 1 fully saturated rings. The van der Waals surface area contributed by atoms with Crippen LogP contribution < -0.4 is 20.3 Å². The van der Waals surface area contributed by atoms with Crippen molar-refractivity contribution in [3.63, 3.8) is 0 Å². The highest BCUT2D eigenvalue weighted by Gasteiger charge is 2.20. The Morgan fingerprint density at radius 1 is 1.32 bits per heavy atom. The zero-order valence-corrected chi connectivity index (χ0v) is 14.8. The summed E-state index contributed by atoms with van der Waals surface area (Å²) in [5, 5.41) is 0. The molecule has 0 radical (unpaired) electrons. The van der Waals surface area contributed by atoms with Gasteiger partial charge in [-0.25, -0.2) is 0 Å². The quantitative estimate of drug-likeness (QED) is 0.488. The summed E-state index contributed by atoms with van der Waals surface area (Å²) in [5.74, 6) is 3.01. The normalized spacial score (nSPS) is 14.8. The van der Waals surface area contributed by atoms with Crippen LogP contribution in [0, 0.1) is 12.3 Å². The van der Waals surface area contributed by atoms with E-state index < -0.39 is 5.91 Å². The smallest absolute Gasteiger partial charge is 0.323 e. The molecule has 2 N–H and O–H groups in total. The number of rotatable bonds is 8. The predicted octanol–water partition coefficient (Wildman–Crippen LogP) is -0.663. The summed E-state index contributed by atoms with van der Waals surface area (Å²) in [5.41, 5.74) is 5.26. The third kappa shape index (κ3) is 5.76. The monoisotopic (exact) mass is 347 g/mol. The van der Waals surface area contributed by atoms with E-state index in [2.05, 4.69) is 37.7 Å². The van der Waals surface area contributed by atoms with Gasteiger partial charge in [-0.15, -0.1) is 12.3 Å². The molecule has 0 saturated carbocycles. The Morgan fingerprint density at radius 3 is 2.68 bits per heavy atom. The average Bonchev–Trinajstić information content (AvgIpc) is 2.58. The standard InChI is InChI=1S/C16H25N7O2/c1-4-5-6-11-25-16-19-14(22(3)12-13(17)24)18-15(20-16)23-9-7-21(2)8-10-23/h1H,5-12H2,2-3H3,(H2,17,24). The summed E-state index contributed by atoms with van der Waals surface area (Å²) in [7, 11) is 3.78. The van der Waals surface area contributed by atoms with Crippen molar-refractivity contribution in [1.29, 1.82) is 0 Å².